The highest BCUT2D eigenvalue weighted by Gasteiger charge is 2.12. The molecular weight excluding hydrogens is 298 g/mol. The van der Waals surface area contributed by atoms with Crippen molar-refractivity contribution in [1.82, 2.24) is 5.32 Å². The number of rotatable bonds is 14. The number of methoxy groups -OCH3 is 1. The smallest absolute Gasteiger partial charge is 0.164 e. The molecule has 1 N–H and O–H groups in total. The number of allylic oxidation sites excluding steroid dienone is 1. The summed E-state index contributed by atoms with van der Waals surface area (Å²) in [5.41, 5.74) is 2.38. The molecule has 136 valence electrons. The number of ether oxygens (including phenoxy) is 2. The number of nitrogens with one attached hydrogen (secondary N) is 1. The Kier molecular flexibility index (Phi) is 11.0. The van der Waals surface area contributed by atoms with Gasteiger partial charge in [0.25, 0.3) is 0 Å². The third-order valence-corrected chi connectivity index (χ3v) is 4.10. The largest absolute Gasteiger partial charge is 0.493 e. The monoisotopic (exact) mass is 333 g/mol. The fourth-order valence-electron chi connectivity index (χ4n) is 2.86. The van der Waals surface area contributed by atoms with E-state index >= 15 is 0 Å². The van der Waals surface area contributed by atoms with E-state index in [1.54, 1.807) is 7.11 Å². The molecule has 0 amide bonds. The second-order valence-electron chi connectivity index (χ2n) is 6.16. The normalized spacial score (nSPS) is 10.6. The molecule has 0 radical (unpaired) electrons. The first-order chi connectivity index (χ1) is 11.8. The van der Waals surface area contributed by atoms with Crippen molar-refractivity contribution in [3.63, 3.8) is 0 Å². The quantitative estimate of drug-likeness (QED) is 0.371. The molecule has 0 heterocycles. The Morgan fingerprint density at radius 1 is 1.08 bits per heavy atom. The standard InChI is InChI=1S/C21H35NO2/c1-5-8-9-10-11-12-14-22-17-18-15-19(13-6-2)21(24-7-3)20(16-18)23-4/h6,15-16,22H,2,5,7-14,17H2,1,3-4H3. The van der Waals surface area contributed by atoms with E-state index in [4.69, 9.17) is 9.47 Å². The molecule has 0 aliphatic rings. The topological polar surface area (TPSA) is 30.5 Å². The molecule has 0 bridgehead atoms. The molecule has 0 atom stereocenters. The van der Waals surface area contributed by atoms with Gasteiger partial charge in [0.05, 0.1) is 13.7 Å². The van der Waals surface area contributed by atoms with Crippen molar-refractivity contribution in [2.45, 2.75) is 65.3 Å². The molecule has 1 aromatic carbocycles. The number of hydrogen-bond donors (Lipinski definition) is 1. The predicted octanol–water partition coefficient (Wildman–Crippen LogP) is 5.27. The summed E-state index contributed by atoms with van der Waals surface area (Å²) in [5.74, 6) is 1.66. The van der Waals surface area contributed by atoms with E-state index in [0.717, 1.165) is 36.6 Å². The molecule has 0 aromatic heterocycles. The summed E-state index contributed by atoms with van der Waals surface area (Å²) in [4.78, 5) is 0. The van der Waals surface area contributed by atoms with Crippen molar-refractivity contribution in [3.05, 3.63) is 35.9 Å². The molecule has 0 fully saturated rings. The Labute approximate surface area is 148 Å². The van der Waals surface area contributed by atoms with Crippen molar-refractivity contribution < 1.29 is 9.47 Å². The first-order valence-corrected chi connectivity index (χ1v) is 9.40. The Morgan fingerprint density at radius 2 is 1.83 bits per heavy atom. The molecule has 0 saturated heterocycles. The van der Waals surface area contributed by atoms with Crippen LogP contribution >= 0.6 is 0 Å². The molecule has 3 heteroatoms. The highest BCUT2D eigenvalue weighted by Crippen LogP contribution is 2.33. The lowest BCUT2D eigenvalue weighted by Crippen LogP contribution is -2.15. The van der Waals surface area contributed by atoms with Crippen LogP contribution in [0.4, 0.5) is 0 Å². The van der Waals surface area contributed by atoms with Gasteiger partial charge in [-0.3, -0.25) is 0 Å². The van der Waals surface area contributed by atoms with Crippen molar-refractivity contribution in [1.29, 1.82) is 0 Å². The van der Waals surface area contributed by atoms with Gasteiger partial charge in [-0.1, -0.05) is 51.2 Å². The first kappa shape index (κ1) is 20.6. The summed E-state index contributed by atoms with van der Waals surface area (Å²) in [6.45, 7) is 10.7. The highest BCUT2D eigenvalue weighted by atomic mass is 16.5. The molecule has 1 aromatic rings. The van der Waals surface area contributed by atoms with Crippen molar-refractivity contribution in [3.8, 4) is 11.5 Å². The van der Waals surface area contributed by atoms with E-state index in [0.29, 0.717) is 6.61 Å². The molecule has 0 aliphatic carbocycles. The van der Waals surface area contributed by atoms with Crippen LogP contribution < -0.4 is 14.8 Å². The van der Waals surface area contributed by atoms with Gasteiger partial charge in [0.2, 0.25) is 0 Å². The molecule has 24 heavy (non-hydrogen) atoms. The Balaban J connectivity index is 2.52. The summed E-state index contributed by atoms with van der Waals surface area (Å²) in [5, 5.41) is 3.54. The summed E-state index contributed by atoms with van der Waals surface area (Å²) in [7, 11) is 1.70. The highest BCUT2D eigenvalue weighted by molar-refractivity contribution is 5.50. The molecule has 0 saturated carbocycles. The number of benzene rings is 1. The van der Waals surface area contributed by atoms with Crippen LogP contribution in [0.25, 0.3) is 0 Å². The van der Waals surface area contributed by atoms with Crippen LogP contribution in [0.15, 0.2) is 24.8 Å². The van der Waals surface area contributed by atoms with Gasteiger partial charge < -0.3 is 14.8 Å². The maximum Gasteiger partial charge on any atom is 0.164 e. The minimum atomic E-state index is 0.635. The van der Waals surface area contributed by atoms with Gasteiger partial charge >= 0.3 is 0 Å². The molecule has 3 nitrogen and oxygen atoms in total. The van der Waals surface area contributed by atoms with Crippen LogP contribution in [-0.2, 0) is 13.0 Å². The minimum Gasteiger partial charge on any atom is -0.493 e. The van der Waals surface area contributed by atoms with Crippen molar-refractivity contribution >= 4 is 0 Å². The van der Waals surface area contributed by atoms with E-state index in [1.165, 1.54) is 44.1 Å². The van der Waals surface area contributed by atoms with E-state index in [-0.39, 0.29) is 0 Å². The average Bonchev–Trinajstić information content (AvgIpc) is 2.59. The van der Waals surface area contributed by atoms with E-state index < -0.39 is 0 Å². The third kappa shape index (κ3) is 7.39. The van der Waals surface area contributed by atoms with Crippen LogP contribution in [0.2, 0.25) is 0 Å². The first-order valence-electron chi connectivity index (χ1n) is 9.40. The second-order valence-corrected chi connectivity index (χ2v) is 6.16. The lowest BCUT2D eigenvalue weighted by Gasteiger charge is -2.16. The van der Waals surface area contributed by atoms with Crippen LogP contribution in [0.3, 0.4) is 0 Å². The predicted molar refractivity (Wildman–Crippen MR) is 103 cm³/mol. The summed E-state index contributed by atoms with van der Waals surface area (Å²) >= 11 is 0. The van der Waals surface area contributed by atoms with Gasteiger partial charge in [0.15, 0.2) is 11.5 Å². The van der Waals surface area contributed by atoms with Crippen LogP contribution in [0.1, 0.15) is 63.5 Å². The van der Waals surface area contributed by atoms with Gasteiger partial charge in [-0.25, -0.2) is 0 Å². The van der Waals surface area contributed by atoms with Crippen LogP contribution in [-0.4, -0.2) is 20.3 Å². The van der Waals surface area contributed by atoms with Gasteiger partial charge in [0, 0.05) is 12.1 Å². The zero-order valence-electron chi connectivity index (χ0n) is 15.8. The van der Waals surface area contributed by atoms with E-state index in [2.05, 4.69) is 31.0 Å². The summed E-state index contributed by atoms with van der Waals surface area (Å²) < 4.78 is 11.3. The number of unbranched alkanes of at least 4 members (excludes halogenated alkanes) is 5. The summed E-state index contributed by atoms with van der Waals surface area (Å²) in [6.07, 6.45) is 10.7. The van der Waals surface area contributed by atoms with Crippen LogP contribution in [0.5, 0.6) is 11.5 Å². The van der Waals surface area contributed by atoms with Crippen molar-refractivity contribution in [2.24, 2.45) is 0 Å². The Bertz CT molecular complexity index is 471. The molecular formula is C21H35NO2. The fraction of sp³-hybridized carbons (Fsp3) is 0.619. The minimum absolute atomic E-state index is 0.635. The Hall–Kier alpha value is -1.48. The SMILES string of the molecule is C=CCc1cc(CNCCCCCCCC)cc(OC)c1OCC. The fourth-order valence-corrected chi connectivity index (χ4v) is 2.86. The van der Waals surface area contributed by atoms with Gasteiger partial charge in [-0.05, 0) is 37.9 Å². The van der Waals surface area contributed by atoms with Gasteiger partial charge in [-0.15, -0.1) is 6.58 Å². The molecule has 0 unspecified atom stereocenters. The molecule has 0 aliphatic heterocycles. The summed E-state index contributed by atoms with van der Waals surface area (Å²) in [6, 6.07) is 4.27. The zero-order valence-corrected chi connectivity index (χ0v) is 15.8. The van der Waals surface area contributed by atoms with E-state index in [9.17, 15) is 0 Å². The van der Waals surface area contributed by atoms with Gasteiger partial charge in [0.1, 0.15) is 0 Å². The second kappa shape index (κ2) is 12.9. The molecule has 0 spiro atoms. The Morgan fingerprint density at radius 3 is 2.50 bits per heavy atom. The number of hydrogen-bond acceptors (Lipinski definition) is 3. The molecule has 1 rings (SSSR count). The lowest BCUT2D eigenvalue weighted by molar-refractivity contribution is 0.308. The van der Waals surface area contributed by atoms with E-state index in [1.807, 2.05) is 13.0 Å². The van der Waals surface area contributed by atoms with Crippen molar-refractivity contribution in [2.75, 3.05) is 20.3 Å². The average molecular weight is 334 g/mol. The zero-order chi connectivity index (χ0) is 17.6. The maximum absolute atomic E-state index is 5.76. The lowest BCUT2D eigenvalue weighted by atomic mass is 10.1. The third-order valence-electron chi connectivity index (χ3n) is 4.10. The van der Waals surface area contributed by atoms with Crippen LogP contribution in [0, 0.1) is 0 Å². The maximum atomic E-state index is 5.76. The van der Waals surface area contributed by atoms with Gasteiger partial charge in [-0.2, -0.15) is 0 Å².